The second-order valence-corrected chi connectivity index (χ2v) is 21.0. The number of rotatable bonds is 25. The molecule has 13 N–H and O–H groups in total. The number of nitrogens with two attached hydrogens (primary N) is 1. The molecule has 0 bridgehead atoms. The zero-order valence-corrected chi connectivity index (χ0v) is 47.0. The number of amides is 9. The Balaban J connectivity index is 0.797. The number of esters is 1. The van der Waals surface area contributed by atoms with E-state index >= 15 is 4.39 Å². The number of methoxy groups -OCH3 is 1. The number of carbonyl (C=O) groups is 10. The van der Waals surface area contributed by atoms with Crippen molar-refractivity contribution in [2.45, 2.75) is 120 Å². The first-order valence-corrected chi connectivity index (χ1v) is 27.5. The molecule has 1 fully saturated rings. The minimum absolute atomic E-state index is 0.0263. The number of aryl methyl sites for hydroxylation is 1. The lowest BCUT2D eigenvalue weighted by Crippen LogP contribution is -2.53. The molecule has 4 aromatic rings. The van der Waals surface area contributed by atoms with Gasteiger partial charge in [0.25, 0.3) is 5.56 Å². The Kier molecular flexibility index (Phi) is 20.1. The number of nitrogens with zero attached hydrogens (tertiary/aromatic N) is 2. The quantitative estimate of drug-likeness (QED) is 0.0155. The van der Waals surface area contributed by atoms with Crippen LogP contribution in [0.3, 0.4) is 0 Å². The van der Waals surface area contributed by atoms with Gasteiger partial charge in [-0.1, -0.05) is 37.3 Å². The molecule has 2 aromatic carbocycles. The van der Waals surface area contributed by atoms with Crippen LogP contribution in [0.5, 0.6) is 0 Å². The molecule has 1 saturated heterocycles. The SMILES string of the molecule is CC[C@@]1(O)C(=O)OCc2c1cc1n(c2=O)Cc2c-1nc1cc(F)c(C)c3c1c2[C@@H](NC(=O)COCNC(=O)CNC(=O)[C@H](Cc1ccccc1)NC(=O)CNC(=O)CNC(=O)[C@H](CCC(=O)NC[C@H]1O[C@@H](CC(N)=O)[C@H](O)[C@@H]1O)NC(=O)OC)CC3. The summed E-state index contributed by atoms with van der Waals surface area (Å²) in [6.45, 7) is -0.317. The van der Waals surface area contributed by atoms with Crippen LogP contribution in [-0.4, -0.2) is 167 Å². The first kappa shape index (κ1) is 63.1. The molecule has 5 heterocycles. The molecule has 0 unspecified atom stereocenters. The maximum atomic E-state index is 15.4. The number of hydrogen-bond acceptors (Lipinski definition) is 19. The fourth-order valence-corrected chi connectivity index (χ4v) is 10.8. The Bertz CT molecular complexity index is 3420. The van der Waals surface area contributed by atoms with E-state index in [9.17, 15) is 68.1 Å². The highest BCUT2D eigenvalue weighted by Gasteiger charge is 2.47. The molecule has 2 aromatic heterocycles. The van der Waals surface area contributed by atoms with Crippen LogP contribution >= 0.6 is 0 Å². The summed E-state index contributed by atoms with van der Waals surface area (Å²) in [5.41, 5.74) is 6.68. The molecule has 0 spiro atoms. The number of aromatic nitrogens is 2. The number of aliphatic hydroxyl groups excluding tert-OH is 2. The average Bonchev–Trinajstić information content (AvgIpc) is 1.46. The number of cyclic esters (lactones) is 1. The van der Waals surface area contributed by atoms with E-state index in [2.05, 4.69) is 47.3 Å². The molecule has 3 aliphatic heterocycles. The van der Waals surface area contributed by atoms with E-state index in [1.54, 1.807) is 50.2 Å². The fourth-order valence-electron chi connectivity index (χ4n) is 10.8. The first-order chi connectivity index (χ1) is 41.0. The van der Waals surface area contributed by atoms with Crippen molar-refractivity contribution in [1.82, 2.24) is 52.1 Å². The number of aliphatic hydroxyl groups is 3. The number of fused-ring (bicyclic) bond motifs is 5. The van der Waals surface area contributed by atoms with Gasteiger partial charge >= 0.3 is 12.1 Å². The van der Waals surface area contributed by atoms with Gasteiger partial charge in [-0.2, -0.15) is 0 Å². The van der Waals surface area contributed by atoms with Crippen molar-refractivity contribution in [2.24, 2.45) is 5.73 Å². The standard InChI is InChI=1S/C56H66FN11O18/c1-4-56(82)31-15-37-48-29(22-68(37)53(79)30(31)23-85-54(56)80)47-33(11-10-28-26(2)32(57)16-35(66-48)46(28)47)64-45(74)24-84-25-63-43(72)20-62-52(78)36(14-27-8-6-5-7-9-27)65-44(73)21-60-42(71)19-61-51(77)34(67-55(81)83-3)12-13-41(70)59-18-39-50(76)49(75)38(86-39)17-40(58)69/h5-9,15-16,33-34,36,38-39,49-50,75-76,82H,4,10-14,17-25H2,1-3H3,(H2,58,69)(H,59,70)(H,60,71)(H,61,77)(H,62,78)(H,63,72)(H,64,74)(H,65,73)(H,67,81)/t33-,34-,36-,38-,39+,49-,50+,56-/m0/s1. The topological polar surface area (TPSA) is 425 Å². The summed E-state index contributed by atoms with van der Waals surface area (Å²) in [6, 6.07) is 8.04. The second-order valence-electron chi connectivity index (χ2n) is 21.0. The zero-order valence-electron chi connectivity index (χ0n) is 47.0. The van der Waals surface area contributed by atoms with E-state index in [0.29, 0.717) is 57.4 Å². The molecule has 8 rings (SSSR count). The van der Waals surface area contributed by atoms with Crippen LogP contribution in [0.2, 0.25) is 0 Å². The van der Waals surface area contributed by atoms with Crippen LogP contribution in [0, 0.1) is 12.7 Å². The molecule has 8 atom stereocenters. The van der Waals surface area contributed by atoms with Crippen molar-refractivity contribution in [3.8, 4) is 11.4 Å². The van der Waals surface area contributed by atoms with Gasteiger partial charge in [0.1, 0.15) is 56.2 Å². The fraction of sp³-hybridized carbons (Fsp3) is 0.464. The van der Waals surface area contributed by atoms with Gasteiger partial charge in [-0.3, -0.25) is 43.2 Å². The number of benzene rings is 2. The molecular formula is C56H66FN11O18. The summed E-state index contributed by atoms with van der Waals surface area (Å²) in [5.74, 6) is -7.51. The Morgan fingerprint density at radius 3 is 2.23 bits per heavy atom. The largest absolute Gasteiger partial charge is 0.458 e. The van der Waals surface area contributed by atoms with Crippen LogP contribution in [0.15, 0.2) is 47.3 Å². The highest BCUT2D eigenvalue weighted by atomic mass is 19.1. The Labute approximate surface area is 489 Å². The van der Waals surface area contributed by atoms with Gasteiger partial charge in [-0.15, -0.1) is 0 Å². The minimum atomic E-state index is -2.07. The lowest BCUT2D eigenvalue weighted by Gasteiger charge is -2.31. The Morgan fingerprint density at radius 2 is 1.53 bits per heavy atom. The van der Waals surface area contributed by atoms with Crippen molar-refractivity contribution >= 4 is 70.2 Å². The molecule has 30 heteroatoms. The summed E-state index contributed by atoms with van der Waals surface area (Å²) >= 11 is 0. The number of nitrogens with one attached hydrogen (secondary N) is 8. The lowest BCUT2D eigenvalue weighted by molar-refractivity contribution is -0.172. The maximum Gasteiger partial charge on any atom is 0.407 e. The third kappa shape index (κ3) is 14.2. The van der Waals surface area contributed by atoms with Gasteiger partial charge in [0, 0.05) is 42.0 Å². The van der Waals surface area contributed by atoms with Gasteiger partial charge < -0.3 is 87.1 Å². The van der Waals surface area contributed by atoms with Crippen LogP contribution in [0.25, 0.3) is 22.3 Å². The van der Waals surface area contributed by atoms with Crippen LogP contribution in [0.1, 0.15) is 84.0 Å². The lowest BCUT2D eigenvalue weighted by atomic mass is 9.81. The Hall–Kier alpha value is -8.97. The summed E-state index contributed by atoms with van der Waals surface area (Å²) in [5, 5.41) is 52.1. The summed E-state index contributed by atoms with van der Waals surface area (Å²) in [6.07, 6.45) is -6.51. The number of carbonyl (C=O) groups excluding carboxylic acids is 10. The molecule has 9 amide bonds. The minimum Gasteiger partial charge on any atom is -0.458 e. The normalized spacial score (nSPS) is 20.4. The third-order valence-corrected chi connectivity index (χ3v) is 15.4. The van der Waals surface area contributed by atoms with E-state index in [4.69, 9.17) is 24.9 Å². The number of ether oxygens (including phenoxy) is 4. The summed E-state index contributed by atoms with van der Waals surface area (Å²) in [4.78, 5) is 146. The summed E-state index contributed by atoms with van der Waals surface area (Å²) in [7, 11) is 1.03. The van der Waals surface area contributed by atoms with E-state index in [1.165, 1.54) is 10.6 Å². The zero-order chi connectivity index (χ0) is 62.1. The van der Waals surface area contributed by atoms with Gasteiger partial charge in [0.2, 0.25) is 47.3 Å². The smallest absolute Gasteiger partial charge is 0.407 e. The number of primary amides is 1. The van der Waals surface area contributed by atoms with Crippen molar-refractivity contribution in [3.63, 3.8) is 0 Å². The van der Waals surface area contributed by atoms with Gasteiger partial charge in [-0.25, -0.2) is 19.0 Å². The highest BCUT2D eigenvalue weighted by molar-refractivity contribution is 5.95. The predicted octanol–water partition coefficient (Wildman–Crippen LogP) is -3.22. The van der Waals surface area contributed by atoms with Crippen molar-refractivity contribution in [1.29, 1.82) is 0 Å². The van der Waals surface area contributed by atoms with E-state index < -0.39 is 152 Å². The third-order valence-electron chi connectivity index (χ3n) is 15.4. The second kappa shape index (κ2) is 27.4. The van der Waals surface area contributed by atoms with Crippen LogP contribution in [-0.2, 0) is 93.7 Å². The first-order valence-electron chi connectivity index (χ1n) is 27.5. The number of alkyl carbamates (subject to hydrolysis) is 1. The van der Waals surface area contributed by atoms with E-state index in [-0.39, 0.29) is 68.4 Å². The van der Waals surface area contributed by atoms with E-state index in [1.807, 2.05) is 0 Å². The monoisotopic (exact) mass is 1200 g/mol. The van der Waals surface area contributed by atoms with Gasteiger partial charge in [0.05, 0.1) is 74.3 Å². The van der Waals surface area contributed by atoms with Crippen LogP contribution in [0.4, 0.5) is 9.18 Å². The molecule has 29 nitrogen and oxygen atoms in total. The van der Waals surface area contributed by atoms with Gasteiger partial charge in [-0.05, 0) is 60.9 Å². The summed E-state index contributed by atoms with van der Waals surface area (Å²) < 4.78 is 37.6. The predicted molar refractivity (Wildman–Crippen MR) is 295 cm³/mol. The average molecular weight is 1200 g/mol. The molecule has 1 aliphatic carbocycles. The van der Waals surface area contributed by atoms with Crippen molar-refractivity contribution < 1.29 is 86.6 Å². The maximum absolute atomic E-state index is 15.4. The number of hydrogen-bond donors (Lipinski definition) is 12. The Morgan fingerprint density at radius 1 is 0.849 bits per heavy atom. The molecular weight excluding hydrogens is 1130 g/mol. The number of pyridine rings is 2. The molecule has 0 radical (unpaired) electrons. The molecule has 86 heavy (non-hydrogen) atoms. The number of halogens is 1. The van der Waals surface area contributed by atoms with Gasteiger partial charge in [0.15, 0.2) is 5.60 Å². The molecule has 460 valence electrons. The van der Waals surface area contributed by atoms with Crippen molar-refractivity contribution in [3.05, 3.63) is 97.6 Å². The molecule has 4 aliphatic rings. The highest BCUT2D eigenvalue weighted by Crippen LogP contribution is 2.46. The van der Waals surface area contributed by atoms with Crippen molar-refractivity contribution in [2.75, 3.05) is 46.6 Å². The molecule has 0 saturated carbocycles. The van der Waals surface area contributed by atoms with Crippen LogP contribution < -0.4 is 53.8 Å². The van der Waals surface area contributed by atoms with E-state index in [0.717, 1.165) is 7.11 Å².